The highest BCUT2D eigenvalue weighted by atomic mass is 16.3. The van der Waals surface area contributed by atoms with E-state index in [1.54, 1.807) is 0 Å². The van der Waals surface area contributed by atoms with E-state index in [0.29, 0.717) is 6.42 Å². The van der Waals surface area contributed by atoms with Crippen LogP contribution in [0.3, 0.4) is 0 Å². The Morgan fingerprint density at radius 3 is 1.68 bits per heavy atom. The standard InChI is InChI=1S/C17H32O2/c1-3-5-6-7-8-9-10-11-12-13-17(19)15-14-16(18)4-2/h16-19H,3-13H2,1-2H3/t16?,17-/m1/s1. The van der Waals surface area contributed by atoms with E-state index in [-0.39, 0.29) is 0 Å². The van der Waals surface area contributed by atoms with E-state index in [9.17, 15) is 10.2 Å². The third-order valence-corrected chi connectivity index (χ3v) is 3.38. The van der Waals surface area contributed by atoms with E-state index in [1.165, 1.54) is 51.4 Å². The predicted octanol–water partition coefficient (Wildman–Crippen LogP) is 4.04. The quantitative estimate of drug-likeness (QED) is 0.438. The summed E-state index contributed by atoms with van der Waals surface area (Å²) < 4.78 is 0. The maximum Gasteiger partial charge on any atom is 0.114 e. The maximum atomic E-state index is 9.61. The highest BCUT2D eigenvalue weighted by Crippen LogP contribution is 2.11. The van der Waals surface area contributed by atoms with Gasteiger partial charge in [0.2, 0.25) is 0 Å². The second-order valence-electron chi connectivity index (χ2n) is 5.35. The van der Waals surface area contributed by atoms with Crippen molar-refractivity contribution in [1.82, 2.24) is 0 Å². The van der Waals surface area contributed by atoms with Crippen LogP contribution in [0.5, 0.6) is 0 Å². The Morgan fingerprint density at radius 2 is 1.16 bits per heavy atom. The van der Waals surface area contributed by atoms with Crippen LogP contribution in [0.25, 0.3) is 0 Å². The molecule has 0 aromatic carbocycles. The maximum absolute atomic E-state index is 9.61. The van der Waals surface area contributed by atoms with Crippen molar-refractivity contribution >= 4 is 0 Å². The zero-order valence-electron chi connectivity index (χ0n) is 12.8. The summed E-state index contributed by atoms with van der Waals surface area (Å²) >= 11 is 0. The van der Waals surface area contributed by atoms with Gasteiger partial charge in [-0.05, 0) is 19.3 Å². The van der Waals surface area contributed by atoms with E-state index in [4.69, 9.17) is 0 Å². The summed E-state index contributed by atoms with van der Waals surface area (Å²) in [5.41, 5.74) is 0. The fourth-order valence-corrected chi connectivity index (χ4v) is 2.01. The smallest absolute Gasteiger partial charge is 0.114 e. The summed E-state index contributed by atoms with van der Waals surface area (Å²) in [7, 11) is 0. The number of rotatable bonds is 11. The largest absolute Gasteiger partial charge is 0.380 e. The van der Waals surface area contributed by atoms with Gasteiger partial charge in [0.15, 0.2) is 0 Å². The fourth-order valence-electron chi connectivity index (χ4n) is 2.01. The van der Waals surface area contributed by atoms with Crippen molar-refractivity contribution in [2.24, 2.45) is 0 Å². The van der Waals surface area contributed by atoms with Crippen molar-refractivity contribution in [3.63, 3.8) is 0 Å². The molecule has 0 aliphatic rings. The molecule has 0 bridgehead atoms. The molecule has 2 atom stereocenters. The number of hydrogen-bond acceptors (Lipinski definition) is 2. The van der Waals surface area contributed by atoms with E-state index >= 15 is 0 Å². The zero-order valence-corrected chi connectivity index (χ0v) is 12.8. The highest BCUT2D eigenvalue weighted by Gasteiger charge is 2.00. The van der Waals surface area contributed by atoms with Crippen molar-refractivity contribution in [2.75, 3.05) is 0 Å². The molecule has 2 nitrogen and oxygen atoms in total. The van der Waals surface area contributed by atoms with E-state index < -0.39 is 12.2 Å². The number of aliphatic hydroxyl groups is 2. The summed E-state index contributed by atoms with van der Waals surface area (Å²) in [5.74, 6) is 5.38. The highest BCUT2D eigenvalue weighted by molar-refractivity contribution is 5.08. The average Bonchev–Trinajstić information content (AvgIpc) is 2.42. The monoisotopic (exact) mass is 268 g/mol. The first-order valence-corrected chi connectivity index (χ1v) is 8.07. The van der Waals surface area contributed by atoms with E-state index in [0.717, 1.165) is 12.8 Å². The molecule has 19 heavy (non-hydrogen) atoms. The van der Waals surface area contributed by atoms with Crippen molar-refractivity contribution in [1.29, 1.82) is 0 Å². The fraction of sp³-hybridized carbons (Fsp3) is 0.882. The Balaban J connectivity index is 3.31. The molecule has 2 N–H and O–H groups in total. The van der Waals surface area contributed by atoms with Gasteiger partial charge in [-0.25, -0.2) is 0 Å². The van der Waals surface area contributed by atoms with E-state index in [1.807, 2.05) is 6.92 Å². The molecule has 0 amide bonds. The minimum absolute atomic E-state index is 0.564. The first-order chi connectivity index (χ1) is 9.20. The Bertz CT molecular complexity index is 239. The molecule has 0 heterocycles. The van der Waals surface area contributed by atoms with Gasteiger partial charge in [0.05, 0.1) is 0 Å². The third-order valence-electron chi connectivity index (χ3n) is 3.38. The van der Waals surface area contributed by atoms with Gasteiger partial charge < -0.3 is 10.2 Å². The Labute approximate surface area is 119 Å². The van der Waals surface area contributed by atoms with Crippen LogP contribution in [0.1, 0.15) is 84.5 Å². The lowest BCUT2D eigenvalue weighted by molar-refractivity contribution is 0.211. The van der Waals surface area contributed by atoms with Gasteiger partial charge in [-0.1, -0.05) is 77.1 Å². The lowest BCUT2D eigenvalue weighted by Gasteiger charge is -2.04. The van der Waals surface area contributed by atoms with Gasteiger partial charge in [0.25, 0.3) is 0 Å². The molecule has 0 spiro atoms. The molecule has 0 fully saturated rings. The zero-order chi connectivity index (χ0) is 14.3. The Morgan fingerprint density at radius 1 is 0.684 bits per heavy atom. The van der Waals surface area contributed by atoms with Gasteiger partial charge in [0, 0.05) is 0 Å². The van der Waals surface area contributed by atoms with Gasteiger partial charge >= 0.3 is 0 Å². The summed E-state index contributed by atoms with van der Waals surface area (Å²) in [6, 6.07) is 0. The molecular weight excluding hydrogens is 236 g/mol. The molecule has 1 unspecified atom stereocenters. The van der Waals surface area contributed by atoms with Crippen LogP contribution in [-0.4, -0.2) is 22.4 Å². The SMILES string of the molecule is CCCCCCCCCCC[C@@H](O)C#CC(O)CC. The van der Waals surface area contributed by atoms with E-state index in [2.05, 4.69) is 18.8 Å². The van der Waals surface area contributed by atoms with Crippen LogP contribution < -0.4 is 0 Å². The number of hydrogen-bond donors (Lipinski definition) is 2. The summed E-state index contributed by atoms with van der Waals surface area (Å²) in [5, 5.41) is 18.9. The Hall–Kier alpha value is -0.520. The first kappa shape index (κ1) is 18.5. The lowest BCUT2D eigenvalue weighted by atomic mass is 10.1. The molecule has 112 valence electrons. The third kappa shape index (κ3) is 13.7. The predicted molar refractivity (Wildman–Crippen MR) is 81.9 cm³/mol. The normalized spacial score (nSPS) is 13.7. The molecule has 0 aromatic rings. The van der Waals surface area contributed by atoms with Crippen molar-refractivity contribution in [3.8, 4) is 11.8 Å². The molecule has 0 saturated heterocycles. The van der Waals surface area contributed by atoms with Gasteiger partial charge in [0.1, 0.15) is 12.2 Å². The molecule has 0 aliphatic carbocycles. The lowest BCUT2D eigenvalue weighted by Crippen LogP contribution is -2.06. The average molecular weight is 268 g/mol. The van der Waals surface area contributed by atoms with Gasteiger partial charge in [-0.15, -0.1) is 0 Å². The summed E-state index contributed by atoms with van der Waals surface area (Å²) in [4.78, 5) is 0. The van der Waals surface area contributed by atoms with Crippen LogP contribution in [-0.2, 0) is 0 Å². The molecule has 0 rings (SSSR count). The second-order valence-corrected chi connectivity index (χ2v) is 5.35. The van der Waals surface area contributed by atoms with Crippen LogP contribution in [0, 0.1) is 11.8 Å². The summed E-state index contributed by atoms with van der Waals surface area (Å²) in [6.45, 7) is 4.12. The number of aliphatic hydroxyl groups excluding tert-OH is 2. The molecule has 0 aliphatic heterocycles. The Kier molecular flexibility index (Phi) is 13.5. The van der Waals surface area contributed by atoms with Crippen LogP contribution in [0.15, 0.2) is 0 Å². The number of unbranched alkanes of at least 4 members (excludes halogenated alkanes) is 8. The minimum atomic E-state index is -0.585. The molecular formula is C17H32O2. The van der Waals surface area contributed by atoms with Crippen molar-refractivity contribution < 1.29 is 10.2 Å². The molecule has 0 saturated carbocycles. The second kappa shape index (κ2) is 13.9. The van der Waals surface area contributed by atoms with Crippen LogP contribution in [0.2, 0.25) is 0 Å². The van der Waals surface area contributed by atoms with Crippen molar-refractivity contribution in [3.05, 3.63) is 0 Å². The van der Waals surface area contributed by atoms with Crippen molar-refractivity contribution in [2.45, 2.75) is 96.7 Å². The minimum Gasteiger partial charge on any atom is -0.380 e. The molecule has 0 aromatic heterocycles. The van der Waals surface area contributed by atoms with Gasteiger partial charge in [-0.2, -0.15) is 0 Å². The molecule has 2 heteroatoms. The topological polar surface area (TPSA) is 40.5 Å². The first-order valence-electron chi connectivity index (χ1n) is 8.07. The molecule has 0 radical (unpaired) electrons. The summed E-state index contributed by atoms with van der Waals surface area (Å²) in [6.07, 6.45) is 11.8. The van der Waals surface area contributed by atoms with Gasteiger partial charge in [-0.3, -0.25) is 0 Å². The van der Waals surface area contributed by atoms with Crippen LogP contribution >= 0.6 is 0 Å². The van der Waals surface area contributed by atoms with Crippen LogP contribution in [0.4, 0.5) is 0 Å².